The predicted octanol–water partition coefficient (Wildman–Crippen LogP) is 2.73. The molecule has 0 radical (unpaired) electrons. The summed E-state index contributed by atoms with van der Waals surface area (Å²) >= 11 is 16.8. The molecule has 10 heavy (non-hydrogen) atoms. The van der Waals surface area contributed by atoms with Gasteiger partial charge in [0, 0.05) is 5.02 Å². The van der Waals surface area contributed by atoms with E-state index in [1.807, 2.05) is 0 Å². The van der Waals surface area contributed by atoms with E-state index >= 15 is 0 Å². The fourth-order valence-corrected chi connectivity index (χ4v) is 0.997. The van der Waals surface area contributed by atoms with E-state index in [0.717, 1.165) is 0 Å². The van der Waals surface area contributed by atoms with Gasteiger partial charge in [0.05, 0.1) is 10.0 Å². The van der Waals surface area contributed by atoms with Gasteiger partial charge in [-0.25, -0.2) is 0 Å². The van der Waals surface area contributed by atoms with Crippen molar-refractivity contribution in [2.24, 2.45) is 0 Å². The Morgan fingerprint density at radius 1 is 0.900 bits per heavy atom. The lowest BCUT2D eigenvalue weighted by atomic mass is 10.4. The lowest BCUT2D eigenvalue weighted by molar-refractivity contribution is 1.70. The summed E-state index contributed by atoms with van der Waals surface area (Å²) in [6.07, 6.45) is 0. The molecule has 0 saturated heterocycles. The van der Waals surface area contributed by atoms with Crippen LogP contribution in [-0.2, 0) is 0 Å². The molecule has 1 rings (SSSR count). The van der Waals surface area contributed by atoms with Gasteiger partial charge in [-0.2, -0.15) is 0 Å². The zero-order chi connectivity index (χ0) is 6.85. The Hall–Kier alpha value is 0.856. The van der Waals surface area contributed by atoms with Crippen molar-refractivity contribution in [2.45, 2.75) is 0 Å². The second-order valence-electron chi connectivity index (χ2n) is 1.56. The average Bonchev–Trinajstić information content (AvgIpc) is 1.80. The summed E-state index contributed by atoms with van der Waals surface area (Å²) < 4.78 is 0. The van der Waals surface area contributed by atoms with Crippen molar-refractivity contribution in [3.05, 3.63) is 33.3 Å². The van der Waals surface area contributed by atoms with Gasteiger partial charge >= 0.3 is 23.1 Å². The average molecular weight is 208 g/mol. The van der Waals surface area contributed by atoms with E-state index in [1.165, 1.54) is 0 Å². The summed E-state index contributed by atoms with van der Waals surface area (Å²) in [6.45, 7) is 0. The van der Waals surface area contributed by atoms with Crippen molar-refractivity contribution in [1.29, 1.82) is 0 Å². The van der Waals surface area contributed by atoms with Crippen LogP contribution in [0.2, 0.25) is 15.1 Å². The van der Waals surface area contributed by atoms with Crippen molar-refractivity contribution in [3.8, 4) is 0 Å². The fourth-order valence-electron chi connectivity index (χ4n) is 0.470. The lowest BCUT2D eigenvalue weighted by Crippen LogP contribution is -1.66. The highest BCUT2D eigenvalue weighted by Crippen LogP contribution is 2.24. The Balaban J connectivity index is 0.000000810. The summed E-state index contributed by atoms with van der Waals surface area (Å²) in [5.41, 5.74) is 0. The van der Waals surface area contributed by atoms with Gasteiger partial charge in [0.25, 0.3) is 0 Å². The van der Waals surface area contributed by atoms with E-state index in [1.54, 1.807) is 18.2 Å². The Kier molecular flexibility index (Phi) is 5.08. The summed E-state index contributed by atoms with van der Waals surface area (Å²) in [6, 6.07) is 4.95. The normalized spacial score (nSPS) is 8.70. The Morgan fingerprint density at radius 2 is 1.50 bits per heavy atom. The van der Waals surface area contributed by atoms with Gasteiger partial charge in [-0.3, -0.25) is 0 Å². The molecule has 0 atom stereocenters. The Morgan fingerprint density at radius 3 is 1.90 bits per heavy atom. The van der Waals surface area contributed by atoms with Gasteiger partial charge < -0.3 is 0 Å². The molecule has 4 heteroatoms. The molecule has 0 aromatic heterocycles. The quantitative estimate of drug-likeness (QED) is 0.454. The van der Waals surface area contributed by atoms with E-state index in [2.05, 4.69) is 0 Å². The molecule has 0 unspecified atom stereocenters. The van der Waals surface area contributed by atoms with Crippen molar-refractivity contribution >= 4 is 57.9 Å². The minimum Gasteiger partial charge on any atom is -0.0843 e. The third-order valence-corrected chi connectivity index (χ3v) is 1.86. The molecule has 52 valence electrons. The number of halogens is 3. The molecule has 0 saturated carbocycles. The molecular formula is C6H5Cl3Mg. The van der Waals surface area contributed by atoms with Crippen LogP contribution in [0.5, 0.6) is 0 Å². The molecule has 0 spiro atoms. The van der Waals surface area contributed by atoms with E-state index in [-0.39, 0.29) is 23.1 Å². The maximum absolute atomic E-state index is 5.60. The number of hydrogen-bond acceptors (Lipinski definition) is 0. The van der Waals surface area contributed by atoms with Crippen LogP contribution in [0.4, 0.5) is 0 Å². The Bertz CT molecular complexity index is 224. The Labute approximate surface area is 90.6 Å². The first-order valence-corrected chi connectivity index (χ1v) is 3.44. The zero-order valence-corrected chi connectivity index (χ0v) is 6.63. The van der Waals surface area contributed by atoms with Crippen molar-refractivity contribution in [2.75, 3.05) is 0 Å². The second-order valence-corrected chi connectivity index (χ2v) is 2.81. The molecule has 0 bridgehead atoms. The van der Waals surface area contributed by atoms with Crippen molar-refractivity contribution < 1.29 is 0 Å². The highest BCUT2D eigenvalue weighted by atomic mass is 35.5. The predicted molar refractivity (Wildman–Crippen MR) is 50.0 cm³/mol. The second kappa shape index (κ2) is 4.68. The third-order valence-electron chi connectivity index (χ3n) is 0.882. The van der Waals surface area contributed by atoms with Gasteiger partial charge in [-0.15, -0.1) is 0 Å². The first kappa shape index (κ1) is 10.9. The molecule has 0 aliphatic carbocycles. The van der Waals surface area contributed by atoms with Crippen molar-refractivity contribution in [1.82, 2.24) is 0 Å². The summed E-state index contributed by atoms with van der Waals surface area (Å²) in [4.78, 5) is 0. The maximum atomic E-state index is 5.60. The van der Waals surface area contributed by atoms with Crippen LogP contribution in [0.15, 0.2) is 18.2 Å². The fraction of sp³-hybridized carbons (Fsp3) is 0. The summed E-state index contributed by atoms with van der Waals surface area (Å²) in [7, 11) is 0. The SMILES string of the molecule is Clc1ccc(Cl)c(Cl)c1.[MgH2]. The van der Waals surface area contributed by atoms with Crippen LogP contribution < -0.4 is 0 Å². The first-order chi connectivity index (χ1) is 4.20. The van der Waals surface area contributed by atoms with Crippen LogP contribution in [0.1, 0.15) is 0 Å². The molecule has 0 N–H and O–H groups in total. The monoisotopic (exact) mass is 206 g/mol. The molecule has 1 aromatic carbocycles. The molecule has 0 nitrogen and oxygen atoms in total. The number of hydrogen-bond donors (Lipinski definition) is 0. The molecule has 0 aliphatic rings. The van der Waals surface area contributed by atoms with E-state index < -0.39 is 0 Å². The highest BCUT2D eigenvalue weighted by Gasteiger charge is 1.94. The van der Waals surface area contributed by atoms with Crippen LogP contribution in [0.3, 0.4) is 0 Å². The van der Waals surface area contributed by atoms with Gasteiger partial charge in [0.1, 0.15) is 0 Å². The minimum atomic E-state index is 0. The highest BCUT2D eigenvalue weighted by molar-refractivity contribution is 6.43. The largest absolute Gasteiger partial charge is 0.316 e. The van der Waals surface area contributed by atoms with Crippen LogP contribution >= 0.6 is 34.8 Å². The van der Waals surface area contributed by atoms with Crippen LogP contribution in [0.25, 0.3) is 0 Å². The smallest absolute Gasteiger partial charge is 0.0843 e. The van der Waals surface area contributed by atoms with E-state index in [9.17, 15) is 0 Å². The third kappa shape index (κ3) is 2.85. The zero-order valence-electron chi connectivity index (χ0n) is 4.37. The topological polar surface area (TPSA) is 0 Å². The van der Waals surface area contributed by atoms with Crippen LogP contribution in [0, 0.1) is 0 Å². The summed E-state index contributed by atoms with van der Waals surface area (Å²) in [5.74, 6) is 0. The number of benzene rings is 1. The molecule has 0 aliphatic heterocycles. The molecule has 1 aromatic rings. The van der Waals surface area contributed by atoms with Gasteiger partial charge in [0.15, 0.2) is 0 Å². The summed E-state index contributed by atoms with van der Waals surface area (Å²) in [5, 5.41) is 1.62. The lowest BCUT2D eigenvalue weighted by Gasteiger charge is -1.92. The standard InChI is InChI=1S/C6H3Cl3.Mg.2H/c7-4-1-2-5(8)6(9)3-4;;;/h1-3H;;;. The first-order valence-electron chi connectivity index (χ1n) is 2.30. The van der Waals surface area contributed by atoms with Crippen molar-refractivity contribution in [3.63, 3.8) is 0 Å². The molecular weight excluding hydrogens is 203 g/mol. The van der Waals surface area contributed by atoms with E-state index in [4.69, 9.17) is 34.8 Å². The molecule has 0 heterocycles. The van der Waals surface area contributed by atoms with E-state index in [0.29, 0.717) is 15.1 Å². The molecule has 0 fully saturated rings. The van der Waals surface area contributed by atoms with Gasteiger partial charge in [-0.1, -0.05) is 34.8 Å². The van der Waals surface area contributed by atoms with Gasteiger partial charge in [0.2, 0.25) is 0 Å². The van der Waals surface area contributed by atoms with Crippen LogP contribution in [-0.4, -0.2) is 23.1 Å². The molecule has 0 amide bonds. The van der Waals surface area contributed by atoms with Gasteiger partial charge in [-0.05, 0) is 18.2 Å². The number of rotatable bonds is 0. The maximum Gasteiger partial charge on any atom is 0.316 e. The minimum absolute atomic E-state index is 0.